The van der Waals surface area contributed by atoms with Gasteiger partial charge >= 0.3 is 0 Å². The van der Waals surface area contributed by atoms with Crippen molar-refractivity contribution in [1.29, 1.82) is 5.26 Å². The summed E-state index contributed by atoms with van der Waals surface area (Å²) in [6.45, 7) is 0. The van der Waals surface area contributed by atoms with Crippen LogP contribution < -0.4 is 4.74 Å². The Morgan fingerprint density at radius 3 is 2.65 bits per heavy atom. The maximum absolute atomic E-state index is 13.3. The van der Waals surface area contributed by atoms with Crippen LogP contribution in [0.3, 0.4) is 0 Å². The van der Waals surface area contributed by atoms with Crippen LogP contribution in [0.25, 0.3) is 28.0 Å². The highest BCUT2D eigenvalue weighted by Gasteiger charge is 2.17. The van der Waals surface area contributed by atoms with Crippen LogP contribution in [0.4, 0.5) is 4.39 Å². The average Bonchev–Trinajstić information content (AvgIpc) is 3.07. The van der Waals surface area contributed by atoms with Gasteiger partial charge in [0.05, 0.1) is 23.9 Å². The van der Waals surface area contributed by atoms with E-state index in [1.165, 1.54) is 18.5 Å². The first-order chi connectivity index (χ1) is 12.7. The van der Waals surface area contributed by atoms with Gasteiger partial charge in [-0.2, -0.15) is 5.26 Å². The summed E-state index contributed by atoms with van der Waals surface area (Å²) in [6, 6.07) is 15.7. The average molecular weight is 344 g/mol. The number of halogens is 1. The first-order valence-corrected chi connectivity index (χ1v) is 7.88. The van der Waals surface area contributed by atoms with Gasteiger partial charge in [-0.1, -0.05) is 12.1 Å². The summed E-state index contributed by atoms with van der Waals surface area (Å²) in [5.41, 5.74) is 3.88. The third kappa shape index (κ3) is 2.56. The minimum Gasteiger partial charge on any atom is -0.497 e. The molecule has 6 heteroatoms. The maximum Gasteiger partial charge on any atom is 0.123 e. The lowest BCUT2D eigenvalue weighted by Gasteiger charge is -2.10. The second-order valence-corrected chi connectivity index (χ2v) is 5.65. The van der Waals surface area contributed by atoms with Crippen LogP contribution in [0.15, 0.2) is 61.1 Å². The molecule has 5 nitrogen and oxygen atoms in total. The second kappa shape index (κ2) is 6.30. The molecule has 0 atom stereocenters. The number of nitrogens with zero attached hydrogens (tertiary/aromatic N) is 4. The van der Waals surface area contributed by atoms with Gasteiger partial charge in [0.25, 0.3) is 0 Å². The molecule has 4 rings (SSSR count). The molecule has 0 spiro atoms. The molecule has 0 aliphatic heterocycles. The fourth-order valence-corrected chi connectivity index (χ4v) is 2.93. The summed E-state index contributed by atoms with van der Waals surface area (Å²) >= 11 is 0. The Morgan fingerprint density at radius 2 is 1.92 bits per heavy atom. The number of hydrogen-bond acceptors (Lipinski definition) is 4. The molecule has 2 aromatic heterocycles. The fourth-order valence-electron chi connectivity index (χ4n) is 2.93. The number of rotatable bonds is 3. The van der Waals surface area contributed by atoms with Gasteiger partial charge in [-0.3, -0.25) is 0 Å². The summed E-state index contributed by atoms with van der Waals surface area (Å²) < 4.78 is 20.4. The van der Waals surface area contributed by atoms with E-state index in [-0.39, 0.29) is 5.82 Å². The van der Waals surface area contributed by atoms with Crippen molar-refractivity contribution < 1.29 is 9.13 Å². The Labute approximate surface area is 148 Å². The molecule has 0 amide bonds. The molecule has 0 N–H and O–H groups in total. The lowest BCUT2D eigenvalue weighted by Crippen LogP contribution is -1.97. The predicted octanol–water partition coefficient (Wildman–Crippen LogP) is 4.11. The molecule has 4 aromatic rings. The highest BCUT2D eigenvalue weighted by molar-refractivity contribution is 5.94. The first-order valence-electron chi connectivity index (χ1n) is 7.88. The van der Waals surface area contributed by atoms with E-state index in [2.05, 4.69) is 16.0 Å². The largest absolute Gasteiger partial charge is 0.497 e. The van der Waals surface area contributed by atoms with Gasteiger partial charge in [0.2, 0.25) is 0 Å². The third-order valence-corrected chi connectivity index (χ3v) is 4.14. The minimum atomic E-state index is -0.324. The summed E-state index contributed by atoms with van der Waals surface area (Å²) in [5, 5.41) is 9.48. The van der Waals surface area contributed by atoms with E-state index < -0.39 is 0 Å². The van der Waals surface area contributed by atoms with Crippen LogP contribution in [-0.2, 0) is 0 Å². The Balaban J connectivity index is 2.04. The predicted molar refractivity (Wildman–Crippen MR) is 95.5 cm³/mol. The number of ether oxygens (including phenoxy) is 1. The zero-order chi connectivity index (χ0) is 18.1. The Morgan fingerprint density at radius 1 is 1.12 bits per heavy atom. The molecule has 0 radical (unpaired) electrons. The number of methoxy groups -OCH3 is 1. The molecule has 0 saturated carbocycles. The normalized spacial score (nSPS) is 10.7. The SMILES string of the molecule is COc1cccc(-c2ncnc3c(C#N)cn(-c4ccc(F)cc4)c23)c1. The minimum absolute atomic E-state index is 0.324. The van der Waals surface area contributed by atoms with Crippen molar-refractivity contribution in [3.8, 4) is 28.8 Å². The van der Waals surface area contributed by atoms with Gasteiger partial charge in [-0.15, -0.1) is 0 Å². The molecule has 26 heavy (non-hydrogen) atoms. The highest BCUT2D eigenvalue weighted by Crippen LogP contribution is 2.32. The van der Waals surface area contributed by atoms with E-state index in [1.54, 1.807) is 25.4 Å². The van der Waals surface area contributed by atoms with E-state index in [4.69, 9.17) is 4.74 Å². The number of benzene rings is 2. The van der Waals surface area contributed by atoms with Crippen LogP contribution in [0, 0.1) is 17.1 Å². The van der Waals surface area contributed by atoms with Crippen LogP contribution >= 0.6 is 0 Å². The fraction of sp³-hybridized carbons (Fsp3) is 0.0500. The zero-order valence-corrected chi connectivity index (χ0v) is 13.8. The zero-order valence-electron chi connectivity index (χ0n) is 13.8. The van der Waals surface area contributed by atoms with Crippen LogP contribution in [0.1, 0.15) is 5.56 Å². The number of fused-ring (bicyclic) bond motifs is 1. The standard InChI is InChI=1S/C20H13FN4O/c1-26-17-4-2-3-13(9-17)18-20-19(24-12-23-18)14(10-22)11-25(20)16-7-5-15(21)6-8-16/h2-9,11-12H,1H3. The van der Waals surface area contributed by atoms with Crippen molar-refractivity contribution in [2.75, 3.05) is 7.11 Å². The summed E-state index contributed by atoms with van der Waals surface area (Å²) in [6.07, 6.45) is 3.13. The van der Waals surface area contributed by atoms with E-state index in [0.717, 1.165) is 11.3 Å². The maximum atomic E-state index is 13.3. The molecule has 0 saturated heterocycles. The summed E-state index contributed by atoms with van der Waals surface area (Å²) in [7, 11) is 1.60. The first kappa shape index (κ1) is 15.8. The van der Waals surface area contributed by atoms with E-state index in [9.17, 15) is 9.65 Å². The van der Waals surface area contributed by atoms with Crippen LogP contribution in [0.2, 0.25) is 0 Å². The molecule has 2 aromatic carbocycles. The lowest BCUT2D eigenvalue weighted by atomic mass is 10.1. The molecule has 0 aliphatic carbocycles. The van der Waals surface area contributed by atoms with Gasteiger partial charge < -0.3 is 9.30 Å². The Kier molecular flexibility index (Phi) is 3.82. The quantitative estimate of drug-likeness (QED) is 0.561. The lowest BCUT2D eigenvalue weighted by molar-refractivity contribution is 0.415. The second-order valence-electron chi connectivity index (χ2n) is 5.65. The summed E-state index contributed by atoms with van der Waals surface area (Å²) in [4.78, 5) is 8.72. The van der Waals surface area contributed by atoms with Crippen molar-refractivity contribution >= 4 is 11.0 Å². The molecule has 0 fully saturated rings. The molecular weight excluding hydrogens is 331 g/mol. The Hall–Kier alpha value is -3.72. The van der Waals surface area contributed by atoms with Crippen LogP contribution in [0.5, 0.6) is 5.75 Å². The molecule has 0 bridgehead atoms. The third-order valence-electron chi connectivity index (χ3n) is 4.14. The van der Waals surface area contributed by atoms with E-state index in [0.29, 0.717) is 28.0 Å². The van der Waals surface area contributed by atoms with Gasteiger partial charge in [0.15, 0.2) is 0 Å². The van der Waals surface area contributed by atoms with Gasteiger partial charge in [-0.25, -0.2) is 14.4 Å². The van der Waals surface area contributed by atoms with Crippen molar-refractivity contribution in [2.24, 2.45) is 0 Å². The molecule has 0 unspecified atom stereocenters. The number of aromatic nitrogens is 3. The number of nitriles is 1. The monoisotopic (exact) mass is 344 g/mol. The van der Waals surface area contributed by atoms with Gasteiger partial charge in [0.1, 0.15) is 29.5 Å². The number of hydrogen-bond donors (Lipinski definition) is 0. The van der Waals surface area contributed by atoms with Crippen molar-refractivity contribution in [2.45, 2.75) is 0 Å². The molecule has 2 heterocycles. The van der Waals surface area contributed by atoms with E-state index >= 15 is 0 Å². The molecule has 0 aliphatic rings. The summed E-state index contributed by atoms with van der Waals surface area (Å²) in [5.74, 6) is 0.379. The van der Waals surface area contributed by atoms with Crippen molar-refractivity contribution in [3.05, 3.63) is 72.4 Å². The topological polar surface area (TPSA) is 63.7 Å². The Bertz CT molecular complexity index is 1140. The van der Waals surface area contributed by atoms with Crippen molar-refractivity contribution in [3.63, 3.8) is 0 Å². The van der Waals surface area contributed by atoms with E-state index in [1.807, 2.05) is 28.8 Å². The molecular formula is C20H13FN4O. The van der Waals surface area contributed by atoms with Crippen LogP contribution in [-0.4, -0.2) is 21.6 Å². The smallest absolute Gasteiger partial charge is 0.123 e. The van der Waals surface area contributed by atoms with Crippen molar-refractivity contribution in [1.82, 2.24) is 14.5 Å². The molecule has 126 valence electrons. The van der Waals surface area contributed by atoms with Gasteiger partial charge in [-0.05, 0) is 36.4 Å². The van der Waals surface area contributed by atoms with Gasteiger partial charge in [0, 0.05) is 17.4 Å². The highest BCUT2D eigenvalue weighted by atomic mass is 19.1.